The Morgan fingerprint density at radius 2 is 1.61 bits per heavy atom. The third-order valence-corrected chi connectivity index (χ3v) is 8.07. The van der Waals surface area contributed by atoms with E-state index in [1.54, 1.807) is 22.5 Å². The molecule has 2 aromatic carbocycles. The third-order valence-electron chi connectivity index (χ3n) is 5.42. The minimum Gasteiger partial charge on any atom is -0.296 e. The second kappa shape index (κ2) is 9.14. The predicted molar refractivity (Wildman–Crippen MR) is 116 cm³/mol. The van der Waals surface area contributed by atoms with Crippen molar-refractivity contribution < 1.29 is 8.42 Å². The second-order valence-electron chi connectivity index (χ2n) is 7.31. The number of halogens is 2. The van der Waals surface area contributed by atoms with Crippen LogP contribution < -0.4 is 0 Å². The highest BCUT2D eigenvalue weighted by Crippen LogP contribution is 2.25. The molecular formula is C21H26Cl2N2O2S. The Balaban J connectivity index is 1.62. The van der Waals surface area contributed by atoms with Gasteiger partial charge in [0.15, 0.2) is 0 Å². The first-order valence-electron chi connectivity index (χ1n) is 9.57. The van der Waals surface area contributed by atoms with E-state index in [-0.39, 0.29) is 0 Å². The molecule has 1 fully saturated rings. The van der Waals surface area contributed by atoms with Crippen molar-refractivity contribution in [3.8, 4) is 0 Å². The van der Waals surface area contributed by atoms with Crippen LogP contribution in [0.25, 0.3) is 0 Å². The summed E-state index contributed by atoms with van der Waals surface area (Å²) in [5.74, 6) is 0.432. The zero-order chi connectivity index (χ0) is 20.3. The summed E-state index contributed by atoms with van der Waals surface area (Å²) in [7, 11) is -3.45. The number of hydrogen-bond acceptors (Lipinski definition) is 3. The molecule has 0 aliphatic carbocycles. The Morgan fingerprint density at radius 1 is 0.964 bits per heavy atom. The van der Waals surface area contributed by atoms with Crippen LogP contribution >= 0.6 is 23.2 Å². The molecule has 1 aliphatic rings. The molecule has 0 saturated carbocycles. The van der Waals surface area contributed by atoms with Crippen molar-refractivity contribution in [3.05, 3.63) is 63.6 Å². The minimum absolute atomic E-state index is 0.373. The van der Waals surface area contributed by atoms with Gasteiger partial charge in [-0.1, -0.05) is 55.2 Å². The van der Waals surface area contributed by atoms with E-state index in [9.17, 15) is 8.42 Å². The zero-order valence-corrected chi connectivity index (χ0v) is 18.6. The normalized spacial score (nSPS) is 17.6. The molecular weight excluding hydrogens is 415 g/mol. The lowest BCUT2D eigenvalue weighted by atomic mass is 9.99. The number of hydrogen-bond donors (Lipinski definition) is 0. The van der Waals surface area contributed by atoms with Gasteiger partial charge in [-0.15, -0.1) is 0 Å². The summed E-state index contributed by atoms with van der Waals surface area (Å²) in [4.78, 5) is 2.61. The van der Waals surface area contributed by atoms with Gasteiger partial charge in [-0.3, -0.25) is 4.90 Å². The van der Waals surface area contributed by atoms with E-state index in [2.05, 4.69) is 18.7 Å². The number of nitrogens with zero attached hydrogens (tertiary/aromatic N) is 2. The van der Waals surface area contributed by atoms with Gasteiger partial charge in [-0.05, 0) is 47.7 Å². The van der Waals surface area contributed by atoms with Gasteiger partial charge in [-0.25, -0.2) is 8.42 Å². The zero-order valence-electron chi connectivity index (χ0n) is 16.2. The first-order chi connectivity index (χ1) is 13.3. The van der Waals surface area contributed by atoms with Crippen molar-refractivity contribution >= 4 is 33.2 Å². The summed E-state index contributed by atoms with van der Waals surface area (Å²) in [6.45, 7) is 7.35. The fraction of sp³-hybridized carbons (Fsp3) is 0.429. The first-order valence-corrected chi connectivity index (χ1v) is 11.8. The highest BCUT2D eigenvalue weighted by molar-refractivity contribution is 7.89. The minimum atomic E-state index is -3.45. The van der Waals surface area contributed by atoms with Crippen molar-refractivity contribution in [2.75, 3.05) is 26.2 Å². The van der Waals surface area contributed by atoms with Gasteiger partial charge in [0.05, 0.1) is 14.9 Å². The maximum absolute atomic E-state index is 13.0. The van der Waals surface area contributed by atoms with Crippen LogP contribution in [0.4, 0.5) is 0 Å². The number of rotatable bonds is 6. The fourth-order valence-electron chi connectivity index (χ4n) is 3.38. The number of piperazine rings is 1. The summed E-state index contributed by atoms with van der Waals surface area (Å²) >= 11 is 12.1. The van der Waals surface area contributed by atoms with Gasteiger partial charge in [0, 0.05) is 32.7 Å². The van der Waals surface area contributed by atoms with Crippen LogP contribution in [0.1, 0.15) is 37.3 Å². The van der Waals surface area contributed by atoms with Crippen LogP contribution in [0.2, 0.25) is 10.0 Å². The van der Waals surface area contributed by atoms with Crippen molar-refractivity contribution in [2.24, 2.45) is 0 Å². The van der Waals surface area contributed by atoms with Crippen molar-refractivity contribution in [2.45, 2.75) is 37.6 Å². The Labute approximate surface area is 178 Å². The summed E-state index contributed by atoms with van der Waals surface area (Å²) in [5, 5.41) is 1.09. The molecule has 0 bridgehead atoms. The van der Waals surface area contributed by atoms with E-state index in [4.69, 9.17) is 23.2 Å². The molecule has 1 heterocycles. The van der Waals surface area contributed by atoms with Crippen LogP contribution in [0, 0.1) is 0 Å². The molecule has 7 heteroatoms. The standard InChI is InChI=1S/C21H26Cl2N2O2S/c1-3-16(2)18-5-7-19(8-6-18)28(26,27)25-12-10-24(11-13-25)15-17-4-9-20(22)21(23)14-17/h4-9,14,16H,3,10-13,15H2,1-2H3. The first kappa shape index (κ1) is 21.6. The third kappa shape index (κ3) is 4.89. The van der Waals surface area contributed by atoms with E-state index in [0.717, 1.165) is 18.5 Å². The summed E-state index contributed by atoms with van der Waals surface area (Å²) < 4.78 is 27.5. The number of sulfonamides is 1. The van der Waals surface area contributed by atoms with Gasteiger partial charge in [0.1, 0.15) is 0 Å². The average molecular weight is 441 g/mol. The SMILES string of the molecule is CCC(C)c1ccc(S(=O)(=O)N2CCN(Cc3ccc(Cl)c(Cl)c3)CC2)cc1. The lowest BCUT2D eigenvalue weighted by Gasteiger charge is -2.34. The predicted octanol–water partition coefficient (Wildman–Crippen LogP) is 5.01. The van der Waals surface area contributed by atoms with Crippen LogP contribution in [-0.4, -0.2) is 43.8 Å². The molecule has 28 heavy (non-hydrogen) atoms. The van der Waals surface area contributed by atoms with E-state index >= 15 is 0 Å². The summed E-state index contributed by atoms with van der Waals surface area (Å²) in [6.07, 6.45) is 1.03. The fourth-order valence-corrected chi connectivity index (χ4v) is 5.12. The highest BCUT2D eigenvalue weighted by Gasteiger charge is 2.28. The molecule has 1 saturated heterocycles. The molecule has 0 radical (unpaired) electrons. The summed E-state index contributed by atoms with van der Waals surface area (Å²) in [5.41, 5.74) is 2.25. The van der Waals surface area contributed by atoms with Gasteiger partial charge in [0.25, 0.3) is 0 Å². The van der Waals surface area contributed by atoms with Crippen molar-refractivity contribution in [1.29, 1.82) is 0 Å². The number of benzene rings is 2. The molecule has 2 aromatic rings. The van der Waals surface area contributed by atoms with Gasteiger partial charge < -0.3 is 0 Å². The Kier molecular flexibility index (Phi) is 7.05. The second-order valence-corrected chi connectivity index (χ2v) is 10.1. The van der Waals surface area contributed by atoms with E-state index in [1.807, 2.05) is 24.3 Å². The van der Waals surface area contributed by atoms with Gasteiger partial charge in [-0.2, -0.15) is 4.31 Å². The molecule has 1 atom stereocenters. The lowest BCUT2D eigenvalue weighted by molar-refractivity contribution is 0.181. The van der Waals surface area contributed by atoms with Crippen LogP contribution in [0.15, 0.2) is 47.4 Å². The molecule has 0 N–H and O–H groups in total. The van der Waals surface area contributed by atoms with Crippen LogP contribution in [-0.2, 0) is 16.6 Å². The smallest absolute Gasteiger partial charge is 0.243 e. The maximum Gasteiger partial charge on any atom is 0.243 e. The molecule has 0 spiro atoms. The van der Waals surface area contributed by atoms with Crippen LogP contribution in [0.5, 0.6) is 0 Å². The molecule has 1 aliphatic heterocycles. The van der Waals surface area contributed by atoms with E-state index in [0.29, 0.717) is 47.0 Å². The average Bonchev–Trinajstić information content (AvgIpc) is 2.70. The Bertz CT molecular complexity index is 909. The van der Waals surface area contributed by atoms with Crippen molar-refractivity contribution in [3.63, 3.8) is 0 Å². The topological polar surface area (TPSA) is 40.6 Å². The molecule has 0 aromatic heterocycles. The van der Waals surface area contributed by atoms with E-state index < -0.39 is 10.0 Å². The highest BCUT2D eigenvalue weighted by atomic mass is 35.5. The Hall–Kier alpha value is -1.11. The maximum atomic E-state index is 13.0. The Morgan fingerprint density at radius 3 is 2.18 bits per heavy atom. The van der Waals surface area contributed by atoms with E-state index in [1.165, 1.54) is 5.56 Å². The molecule has 3 rings (SSSR count). The van der Waals surface area contributed by atoms with Gasteiger partial charge >= 0.3 is 0 Å². The molecule has 1 unspecified atom stereocenters. The molecule has 0 amide bonds. The van der Waals surface area contributed by atoms with Crippen molar-refractivity contribution in [1.82, 2.24) is 9.21 Å². The quantitative estimate of drug-likeness (QED) is 0.633. The largest absolute Gasteiger partial charge is 0.296 e. The monoisotopic (exact) mass is 440 g/mol. The van der Waals surface area contributed by atoms with Gasteiger partial charge in [0.2, 0.25) is 10.0 Å². The molecule has 152 valence electrons. The lowest BCUT2D eigenvalue weighted by Crippen LogP contribution is -2.48. The summed E-state index contributed by atoms with van der Waals surface area (Å²) in [6, 6.07) is 13.0. The molecule has 4 nitrogen and oxygen atoms in total. The van der Waals surface area contributed by atoms with Crippen LogP contribution in [0.3, 0.4) is 0 Å².